The van der Waals surface area contributed by atoms with Crippen LogP contribution in [0.4, 0.5) is 0 Å². The lowest BCUT2D eigenvalue weighted by atomic mass is 10.1. The van der Waals surface area contributed by atoms with Gasteiger partial charge in [-0.2, -0.15) is 0 Å². The molecule has 1 aromatic carbocycles. The highest BCUT2D eigenvalue weighted by molar-refractivity contribution is 6.32. The van der Waals surface area contributed by atoms with Crippen LogP contribution in [0.5, 0.6) is 5.75 Å². The molecular formula is C12H11ClN2O2. The smallest absolute Gasteiger partial charge is 0.182 e. The van der Waals surface area contributed by atoms with Crippen molar-refractivity contribution in [2.75, 3.05) is 7.11 Å². The molecule has 0 N–H and O–H groups in total. The van der Waals surface area contributed by atoms with E-state index in [-0.39, 0.29) is 12.3 Å². The van der Waals surface area contributed by atoms with Crippen molar-refractivity contribution in [1.29, 1.82) is 0 Å². The zero-order chi connectivity index (χ0) is 12.3. The standard InChI is InChI=1S/C12H11ClN2O2/c1-17-12-3-2-9(6-10(12)13)11(16)7-15-5-4-14-8-15/h2-6,8H,7H2,1H3. The van der Waals surface area contributed by atoms with E-state index in [2.05, 4.69) is 4.98 Å². The largest absolute Gasteiger partial charge is 0.495 e. The number of carbonyl (C=O) groups excluding carboxylic acids is 1. The van der Waals surface area contributed by atoms with E-state index in [1.165, 1.54) is 7.11 Å². The maximum atomic E-state index is 11.9. The van der Waals surface area contributed by atoms with Gasteiger partial charge in [0.05, 0.1) is 25.0 Å². The summed E-state index contributed by atoms with van der Waals surface area (Å²) in [6.07, 6.45) is 4.97. The zero-order valence-electron chi connectivity index (χ0n) is 9.26. The molecule has 0 radical (unpaired) electrons. The van der Waals surface area contributed by atoms with Gasteiger partial charge in [-0.05, 0) is 18.2 Å². The van der Waals surface area contributed by atoms with Crippen LogP contribution in [0.15, 0.2) is 36.9 Å². The van der Waals surface area contributed by atoms with Crippen molar-refractivity contribution in [2.45, 2.75) is 6.54 Å². The van der Waals surface area contributed by atoms with E-state index in [0.717, 1.165) is 0 Å². The predicted octanol–water partition coefficient (Wildman–Crippen LogP) is 2.43. The molecule has 0 saturated carbocycles. The molecule has 5 heteroatoms. The van der Waals surface area contributed by atoms with Crippen molar-refractivity contribution >= 4 is 17.4 Å². The topological polar surface area (TPSA) is 44.1 Å². The number of ether oxygens (including phenoxy) is 1. The van der Waals surface area contributed by atoms with Gasteiger partial charge in [-0.15, -0.1) is 0 Å². The molecule has 0 aliphatic rings. The van der Waals surface area contributed by atoms with Crippen LogP contribution in [0.1, 0.15) is 10.4 Å². The average Bonchev–Trinajstić information content (AvgIpc) is 2.81. The van der Waals surface area contributed by atoms with Crippen molar-refractivity contribution < 1.29 is 9.53 Å². The van der Waals surface area contributed by atoms with Crippen molar-refractivity contribution in [3.8, 4) is 5.75 Å². The highest BCUT2D eigenvalue weighted by Crippen LogP contribution is 2.25. The second kappa shape index (κ2) is 5.01. The highest BCUT2D eigenvalue weighted by Gasteiger charge is 2.09. The van der Waals surface area contributed by atoms with Gasteiger partial charge in [0, 0.05) is 18.0 Å². The Morgan fingerprint density at radius 1 is 1.53 bits per heavy atom. The Morgan fingerprint density at radius 2 is 2.35 bits per heavy atom. The Balaban J connectivity index is 2.17. The summed E-state index contributed by atoms with van der Waals surface area (Å²) < 4.78 is 6.74. The fourth-order valence-electron chi connectivity index (χ4n) is 1.48. The molecule has 0 aliphatic heterocycles. The Bertz CT molecular complexity index is 523. The first-order chi connectivity index (χ1) is 8.20. The molecule has 4 nitrogen and oxygen atoms in total. The maximum absolute atomic E-state index is 11.9. The van der Waals surface area contributed by atoms with Crippen LogP contribution < -0.4 is 4.74 Å². The molecule has 0 unspecified atom stereocenters. The number of aromatic nitrogens is 2. The fraction of sp³-hybridized carbons (Fsp3) is 0.167. The van der Waals surface area contributed by atoms with E-state index >= 15 is 0 Å². The third-order valence-electron chi connectivity index (χ3n) is 2.36. The van der Waals surface area contributed by atoms with Crippen LogP contribution in [0, 0.1) is 0 Å². The van der Waals surface area contributed by atoms with Crippen LogP contribution in [-0.2, 0) is 6.54 Å². The summed E-state index contributed by atoms with van der Waals surface area (Å²) in [6.45, 7) is 0.253. The van der Waals surface area contributed by atoms with E-state index in [1.54, 1.807) is 41.5 Å². The van der Waals surface area contributed by atoms with Gasteiger partial charge in [-0.1, -0.05) is 11.6 Å². The summed E-state index contributed by atoms with van der Waals surface area (Å²) in [4.78, 5) is 15.8. The number of hydrogen-bond donors (Lipinski definition) is 0. The monoisotopic (exact) mass is 250 g/mol. The number of nitrogens with zero attached hydrogens (tertiary/aromatic N) is 2. The molecule has 0 saturated heterocycles. The molecule has 0 fully saturated rings. The zero-order valence-corrected chi connectivity index (χ0v) is 10.0. The van der Waals surface area contributed by atoms with Gasteiger partial charge in [0.1, 0.15) is 5.75 Å². The van der Waals surface area contributed by atoms with Crippen LogP contribution in [0.25, 0.3) is 0 Å². The Labute approximate surface area is 104 Å². The molecule has 0 amide bonds. The summed E-state index contributed by atoms with van der Waals surface area (Å²) >= 11 is 5.96. The normalized spacial score (nSPS) is 10.2. The Hall–Kier alpha value is -1.81. The molecule has 88 valence electrons. The number of benzene rings is 1. The average molecular weight is 251 g/mol. The Kier molecular flexibility index (Phi) is 3.44. The summed E-state index contributed by atoms with van der Waals surface area (Å²) in [5.41, 5.74) is 0.560. The van der Waals surface area contributed by atoms with Crippen molar-refractivity contribution in [3.05, 3.63) is 47.5 Å². The molecule has 2 aromatic rings. The second-order valence-electron chi connectivity index (χ2n) is 3.51. The second-order valence-corrected chi connectivity index (χ2v) is 3.91. The first kappa shape index (κ1) is 11.7. The lowest BCUT2D eigenvalue weighted by Gasteiger charge is -2.06. The number of rotatable bonds is 4. The van der Waals surface area contributed by atoms with Gasteiger partial charge in [-0.25, -0.2) is 4.98 Å². The van der Waals surface area contributed by atoms with E-state index in [4.69, 9.17) is 16.3 Å². The minimum Gasteiger partial charge on any atom is -0.495 e. The number of carbonyl (C=O) groups is 1. The van der Waals surface area contributed by atoms with E-state index < -0.39 is 0 Å². The first-order valence-electron chi connectivity index (χ1n) is 5.03. The van der Waals surface area contributed by atoms with E-state index in [1.807, 2.05) is 0 Å². The van der Waals surface area contributed by atoms with Gasteiger partial charge in [0.2, 0.25) is 0 Å². The number of halogens is 1. The van der Waals surface area contributed by atoms with Crippen molar-refractivity contribution in [2.24, 2.45) is 0 Å². The van der Waals surface area contributed by atoms with E-state index in [0.29, 0.717) is 16.3 Å². The number of imidazole rings is 1. The number of methoxy groups -OCH3 is 1. The predicted molar refractivity (Wildman–Crippen MR) is 64.6 cm³/mol. The van der Waals surface area contributed by atoms with Crippen molar-refractivity contribution in [3.63, 3.8) is 0 Å². The van der Waals surface area contributed by atoms with Crippen LogP contribution >= 0.6 is 11.6 Å². The number of hydrogen-bond acceptors (Lipinski definition) is 3. The van der Waals surface area contributed by atoms with Gasteiger partial charge >= 0.3 is 0 Å². The summed E-state index contributed by atoms with van der Waals surface area (Å²) in [5, 5.41) is 0.434. The molecular weight excluding hydrogens is 240 g/mol. The molecule has 0 spiro atoms. The molecule has 0 atom stereocenters. The van der Waals surface area contributed by atoms with E-state index in [9.17, 15) is 4.79 Å². The van der Waals surface area contributed by atoms with Gasteiger partial charge < -0.3 is 9.30 Å². The quantitative estimate of drug-likeness (QED) is 0.783. The lowest BCUT2D eigenvalue weighted by Crippen LogP contribution is -2.08. The molecule has 0 aliphatic carbocycles. The summed E-state index contributed by atoms with van der Waals surface area (Å²) in [5.74, 6) is 0.540. The maximum Gasteiger partial charge on any atom is 0.182 e. The number of ketones is 1. The highest BCUT2D eigenvalue weighted by atomic mass is 35.5. The lowest BCUT2D eigenvalue weighted by molar-refractivity contribution is 0.0972. The van der Waals surface area contributed by atoms with Gasteiger partial charge in [0.25, 0.3) is 0 Å². The molecule has 1 aromatic heterocycles. The van der Waals surface area contributed by atoms with Gasteiger partial charge in [0.15, 0.2) is 5.78 Å². The Morgan fingerprint density at radius 3 is 2.94 bits per heavy atom. The summed E-state index contributed by atoms with van der Waals surface area (Å²) in [7, 11) is 1.54. The molecule has 17 heavy (non-hydrogen) atoms. The van der Waals surface area contributed by atoms with Crippen LogP contribution in [0.3, 0.4) is 0 Å². The third kappa shape index (κ3) is 2.65. The fourth-order valence-corrected chi connectivity index (χ4v) is 1.73. The third-order valence-corrected chi connectivity index (χ3v) is 2.65. The first-order valence-corrected chi connectivity index (χ1v) is 5.41. The number of Topliss-reactive ketones (excluding diaryl/α,β-unsaturated/α-hetero) is 1. The van der Waals surface area contributed by atoms with Crippen LogP contribution in [-0.4, -0.2) is 22.4 Å². The van der Waals surface area contributed by atoms with Crippen LogP contribution in [0.2, 0.25) is 5.02 Å². The molecule has 2 rings (SSSR count). The minimum absolute atomic E-state index is 0.0208. The summed E-state index contributed by atoms with van der Waals surface area (Å²) in [6, 6.07) is 4.99. The van der Waals surface area contributed by atoms with Gasteiger partial charge in [-0.3, -0.25) is 4.79 Å². The molecule has 1 heterocycles. The minimum atomic E-state index is -0.0208. The molecule has 0 bridgehead atoms. The SMILES string of the molecule is COc1ccc(C(=O)Cn2ccnc2)cc1Cl. The van der Waals surface area contributed by atoms with Crippen molar-refractivity contribution in [1.82, 2.24) is 9.55 Å².